The smallest absolute Gasteiger partial charge is 0.251 e. The number of nitrogens with zero attached hydrogens (tertiary/aromatic N) is 2. The number of rotatable bonds is 6. The van der Waals surface area contributed by atoms with E-state index in [9.17, 15) is 13.6 Å². The minimum atomic E-state index is -2.34. The van der Waals surface area contributed by atoms with Gasteiger partial charge in [0, 0.05) is 22.4 Å². The van der Waals surface area contributed by atoms with Gasteiger partial charge in [-0.3, -0.25) is 15.1 Å². The van der Waals surface area contributed by atoms with E-state index in [1.165, 1.54) is 11.8 Å². The highest BCUT2D eigenvalue weighted by Gasteiger charge is 2.26. The van der Waals surface area contributed by atoms with E-state index in [0.717, 1.165) is 21.2 Å². The molecule has 0 unspecified atom stereocenters. The van der Waals surface area contributed by atoms with E-state index in [0.29, 0.717) is 36.8 Å². The van der Waals surface area contributed by atoms with Gasteiger partial charge in [0.1, 0.15) is 5.82 Å². The summed E-state index contributed by atoms with van der Waals surface area (Å²) in [6, 6.07) is 7.66. The van der Waals surface area contributed by atoms with Crippen molar-refractivity contribution in [3.8, 4) is 0 Å². The Kier molecular flexibility index (Phi) is 6.97. The first-order valence-electron chi connectivity index (χ1n) is 9.45. The lowest BCUT2D eigenvalue weighted by Gasteiger charge is -2.30. The van der Waals surface area contributed by atoms with Crippen LogP contribution >= 0.6 is 11.8 Å². The zero-order valence-corrected chi connectivity index (χ0v) is 17.1. The highest BCUT2D eigenvalue weighted by atomic mass is 32.2. The predicted molar refractivity (Wildman–Crippen MR) is 116 cm³/mol. The molecule has 3 rings (SSSR count). The van der Waals surface area contributed by atoms with Crippen LogP contribution in [0.3, 0.4) is 0 Å². The highest BCUT2D eigenvalue weighted by molar-refractivity contribution is 8.21. The lowest BCUT2D eigenvalue weighted by molar-refractivity contribution is -0.121. The average Bonchev–Trinajstić information content (AvgIpc) is 2.67. The molecule has 1 aromatic heterocycles. The number of alkyl halides is 2. The molecule has 0 radical (unpaired) electrons. The molecule has 0 saturated carbocycles. The molecule has 1 amide bonds. The monoisotopic (exact) mass is 418 g/mol. The number of nitrogens with one attached hydrogen (secondary N) is 2. The quantitative estimate of drug-likeness (QED) is 0.520. The molecule has 29 heavy (non-hydrogen) atoms. The number of fused-ring (bicyclic) bond motifs is 1. The summed E-state index contributed by atoms with van der Waals surface area (Å²) in [5.41, 5.74) is 0.920. The standard InChI is InChI=1S/C21H24F2N4OS/c1-13(29-14(2)24)16-3-4-17-11-25-20(10-18(17)9-16)26-21(28)15-5-7-27(8-6-15)12-19(22)23/h3-4,9-11,15,19,24H,1,5-8,12H2,2H3,(H,25,26,28). The molecule has 1 aromatic carbocycles. The van der Waals surface area contributed by atoms with Crippen LogP contribution in [0.1, 0.15) is 25.3 Å². The Labute approximate surface area is 173 Å². The molecule has 1 fully saturated rings. The molecule has 1 aliphatic heterocycles. The topological polar surface area (TPSA) is 69.1 Å². The summed E-state index contributed by atoms with van der Waals surface area (Å²) < 4.78 is 25.0. The van der Waals surface area contributed by atoms with E-state index in [2.05, 4.69) is 16.9 Å². The number of hydrogen-bond donors (Lipinski definition) is 2. The number of benzene rings is 1. The van der Waals surface area contributed by atoms with Crippen LogP contribution in [0, 0.1) is 11.3 Å². The summed E-state index contributed by atoms with van der Waals surface area (Å²) in [5, 5.41) is 12.8. The first-order valence-corrected chi connectivity index (χ1v) is 10.3. The summed E-state index contributed by atoms with van der Waals surface area (Å²) in [7, 11) is 0. The minimum absolute atomic E-state index is 0.121. The fourth-order valence-corrected chi connectivity index (χ4v) is 4.04. The van der Waals surface area contributed by atoms with Gasteiger partial charge in [-0.25, -0.2) is 13.8 Å². The van der Waals surface area contributed by atoms with Gasteiger partial charge in [-0.05, 0) is 55.9 Å². The molecule has 5 nitrogen and oxygen atoms in total. The van der Waals surface area contributed by atoms with E-state index in [-0.39, 0.29) is 18.4 Å². The fraction of sp³-hybridized carbons (Fsp3) is 0.381. The maximum absolute atomic E-state index is 12.6. The Balaban J connectivity index is 1.66. The van der Waals surface area contributed by atoms with Crippen LogP contribution < -0.4 is 5.32 Å². The Bertz CT molecular complexity index is 926. The molecule has 2 N–H and O–H groups in total. The highest BCUT2D eigenvalue weighted by Crippen LogP contribution is 2.29. The SMILES string of the molecule is C=C(SC(C)=N)c1ccc2cnc(NC(=O)C3CCN(CC(F)F)CC3)cc2c1. The lowest BCUT2D eigenvalue weighted by Crippen LogP contribution is -2.40. The van der Waals surface area contributed by atoms with Gasteiger partial charge in [-0.2, -0.15) is 0 Å². The van der Waals surface area contributed by atoms with Crippen molar-refractivity contribution >= 4 is 44.2 Å². The van der Waals surface area contributed by atoms with Crippen LogP contribution in [-0.2, 0) is 4.79 Å². The second-order valence-corrected chi connectivity index (χ2v) is 8.48. The number of hydrogen-bond acceptors (Lipinski definition) is 5. The van der Waals surface area contributed by atoms with Crippen molar-refractivity contribution < 1.29 is 13.6 Å². The molecule has 2 aromatic rings. The fourth-order valence-electron chi connectivity index (χ4n) is 3.43. The van der Waals surface area contributed by atoms with Gasteiger partial charge in [-0.15, -0.1) is 0 Å². The lowest BCUT2D eigenvalue weighted by atomic mass is 9.96. The number of halogens is 2. The van der Waals surface area contributed by atoms with E-state index in [4.69, 9.17) is 5.41 Å². The van der Waals surface area contributed by atoms with Crippen molar-refractivity contribution in [1.82, 2.24) is 9.88 Å². The molecule has 0 spiro atoms. The van der Waals surface area contributed by atoms with Gasteiger partial charge < -0.3 is 5.32 Å². The zero-order chi connectivity index (χ0) is 21.0. The van der Waals surface area contributed by atoms with Crippen molar-refractivity contribution in [3.05, 3.63) is 42.6 Å². The Hall–Kier alpha value is -2.32. The molecule has 0 bridgehead atoms. The maximum Gasteiger partial charge on any atom is 0.251 e. The molecule has 0 atom stereocenters. The van der Waals surface area contributed by atoms with Crippen LogP contribution in [0.2, 0.25) is 0 Å². The third kappa shape index (κ3) is 5.83. The van der Waals surface area contributed by atoms with Gasteiger partial charge in [0.05, 0.1) is 11.6 Å². The Morgan fingerprint density at radius 2 is 2.07 bits per heavy atom. The number of thioether (sulfide) groups is 1. The number of pyridine rings is 1. The normalized spacial score (nSPS) is 15.6. The van der Waals surface area contributed by atoms with Gasteiger partial charge >= 0.3 is 0 Å². The minimum Gasteiger partial charge on any atom is -0.310 e. The molecule has 2 heterocycles. The largest absolute Gasteiger partial charge is 0.310 e. The molecular formula is C21H24F2N4OS. The van der Waals surface area contributed by atoms with Crippen molar-refractivity contribution in [1.29, 1.82) is 5.41 Å². The summed E-state index contributed by atoms with van der Waals surface area (Å²) in [5.74, 6) is 0.153. The Morgan fingerprint density at radius 3 is 2.72 bits per heavy atom. The van der Waals surface area contributed by atoms with Crippen LogP contribution in [0.4, 0.5) is 14.6 Å². The summed E-state index contributed by atoms with van der Waals surface area (Å²) in [6.45, 7) is 6.50. The van der Waals surface area contributed by atoms with Crippen LogP contribution in [-0.4, -0.2) is 46.9 Å². The summed E-state index contributed by atoms with van der Waals surface area (Å²) in [6.07, 6.45) is 0.495. The van der Waals surface area contributed by atoms with E-state index in [1.807, 2.05) is 24.3 Å². The molecule has 1 saturated heterocycles. The van der Waals surface area contributed by atoms with Crippen LogP contribution in [0.25, 0.3) is 15.7 Å². The van der Waals surface area contributed by atoms with Crippen molar-refractivity contribution in [3.63, 3.8) is 0 Å². The third-order valence-corrected chi connectivity index (χ3v) is 5.71. The zero-order valence-electron chi connectivity index (χ0n) is 16.3. The third-order valence-electron chi connectivity index (χ3n) is 4.93. The van der Waals surface area contributed by atoms with Gasteiger partial charge in [-0.1, -0.05) is 30.5 Å². The molecule has 1 aliphatic rings. The van der Waals surface area contributed by atoms with Crippen LogP contribution in [0.5, 0.6) is 0 Å². The van der Waals surface area contributed by atoms with Gasteiger partial charge in [0.15, 0.2) is 0 Å². The van der Waals surface area contributed by atoms with Gasteiger partial charge in [0.25, 0.3) is 6.43 Å². The Morgan fingerprint density at radius 1 is 1.34 bits per heavy atom. The van der Waals surface area contributed by atoms with Crippen molar-refractivity contribution in [2.75, 3.05) is 25.0 Å². The number of carbonyl (C=O) groups excluding carboxylic acids is 1. The maximum atomic E-state index is 12.6. The van der Waals surface area contributed by atoms with Crippen molar-refractivity contribution in [2.45, 2.75) is 26.2 Å². The second kappa shape index (κ2) is 9.45. The number of amides is 1. The predicted octanol–water partition coefficient (Wildman–Crippen LogP) is 4.85. The first kappa shape index (κ1) is 21.4. The van der Waals surface area contributed by atoms with E-state index < -0.39 is 6.43 Å². The number of anilines is 1. The first-order chi connectivity index (χ1) is 13.8. The molecule has 0 aliphatic carbocycles. The van der Waals surface area contributed by atoms with E-state index >= 15 is 0 Å². The molecule has 154 valence electrons. The number of piperidine rings is 1. The average molecular weight is 419 g/mol. The van der Waals surface area contributed by atoms with Crippen molar-refractivity contribution in [2.24, 2.45) is 5.92 Å². The summed E-state index contributed by atoms with van der Waals surface area (Å²) in [4.78, 5) is 19.4. The number of likely N-dealkylation sites (tertiary alicyclic amines) is 1. The number of carbonyl (C=O) groups is 1. The molecule has 8 heteroatoms. The van der Waals surface area contributed by atoms with Crippen LogP contribution in [0.15, 0.2) is 37.0 Å². The second-order valence-electron chi connectivity index (χ2n) is 7.17. The van der Waals surface area contributed by atoms with E-state index in [1.54, 1.807) is 18.0 Å². The number of aromatic nitrogens is 1. The van der Waals surface area contributed by atoms with Gasteiger partial charge in [0.2, 0.25) is 5.91 Å². The molecular weight excluding hydrogens is 394 g/mol. The summed E-state index contributed by atoms with van der Waals surface area (Å²) >= 11 is 1.31.